The highest BCUT2D eigenvalue weighted by molar-refractivity contribution is 5.87. The Labute approximate surface area is 123 Å². The standard InChI is InChI=1S/C12H15N5O5/c1-5(19)14-12-15-10-9(11(21)16-12)17(4-13-10)8-2-6(20)7(3-18)22-8/h4,6-8,18,20H,2-3H2,1H3,(H2,14,15,16,19,21)/t6-,7+,8-/m0/s1. The molecule has 0 spiro atoms. The van der Waals surface area contributed by atoms with Gasteiger partial charge in [0.1, 0.15) is 12.3 Å². The fraction of sp³-hybridized carbons (Fsp3) is 0.500. The lowest BCUT2D eigenvalue weighted by molar-refractivity contribution is -0.114. The number of amides is 1. The molecular weight excluding hydrogens is 294 g/mol. The van der Waals surface area contributed by atoms with Crippen LogP contribution in [0.4, 0.5) is 5.95 Å². The molecule has 0 radical (unpaired) electrons. The van der Waals surface area contributed by atoms with Crippen molar-refractivity contribution in [3.05, 3.63) is 16.7 Å². The second kappa shape index (κ2) is 5.48. The Morgan fingerprint density at radius 2 is 2.41 bits per heavy atom. The molecule has 0 aliphatic carbocycles. The number of H-pyrrole nitrogens is 1. The third-order valence-electron chi connectivity index (χ3n) is 3.43. The van der Waals surface area contributed by atoms with Crippen LogP contribution in [0.5, 0.6) is 0 Å². The Hall–Kier alpha value is -2.30. The number of rotatable bonds is 3. The Bertz CT molecular complexity index is 769. The quantitative estimate of drug-likeness (QED) is 0.553. The highest BCUT2D eigenvalue weighted by atomic mass is 16.5. The van der Waals surface area contributed by atoms with Crippen LogP contribution in [0.3, 0.4) is 0 Å². The number of anilines is 1. The summed E-state index contributed by atoms with van der Waals surface area (Å²) in [5.74, 6) is -0.356. The van der Waals surface area contributed by atoms with Gasteiger partial charge in [0.05, 0.1) is 19.0 Å². The molecule has 0 saturated carbocycles. The number of aromatic nitrogens is 4. The van der Waals surface area contributed by atoms with Crippen LogP contribution in [-0.2, 0) is 9.53 Å². The van der Waals surface area contributed by atoms with Gasteiger partial charge in [-0.3, -0.25) is 24.5 Å². The molecule has 0 bridgehead atoms. The number of ether oxygens (including phenoxy) is 1. The summed E-state index contributed by atoms with van der Waals surface area (Å²) in [7, 11) is 0. The van der Waals surface area contributed by atoms with Crippen LogP contribution in [0.2, 0.25) is 0 Å². The Morgan fingerprint density at radius 3 is 3.05 bits per heavy atom. The van der Waals surface area contributed by atoms with Crippen molar-refractivity contribution in [1.29, 1.82) is 0 Å². The molecule has 118 valence electrons. The van der Waals surface area contributed by atoms with E-state index in [4.69, 9.17) is 9.84 Å². The minimum absolute atomic E-state index is 0.0101. The van der Waals surface area contributed by atoms with Crippen LogP contribution in [0.15, 0.2) is 11.1 Å². The number of hydrogen-bond donors (Lipinski definition) is 4. The summed E-state index contributed by atoms with van der Waals surface area (Å²) in [6.45, 7) is 0.983. The van der Waals surface area contributed by atoms with E-state index in [0.717, 1.165) is 0 Å². The molecule has 1 aliphatic rings. The number of aliphatic hydroxyl groups excluding tert-OH is 2. The van der Waals surface area contributed by atoms with Gasteiger partial charge in [-0.25, -0.2) is 4.98 Å². The predicted octanol–water partition coefficient (Wildman–Crippen LogP) is -1.28. The fourth-order valence-corrected chi connectivity index (χ4v) is 2.45. The zero-order chi connectivity index (χ0) is 15.9. The maximum absolute atomic E-state index is 12.2. The minimum atomic E-state index is -0.821. The van der Waals surface area contributed by atoms with Crippen molar-refractivity contribution in [1.82, 2.24) is 19.5 Å². The van der Waals surface area contributed by atoms with Gasteiger partial charge >= 0.3 is 0 Å². The minimum Gasteiger partial charge on any atom is -0.394 e. The van der Waals surface area contributed by atoms with E-state index in [2.05, 4.69) is 20.3 Å². The molecule has 1 amide bonds. The van der Waals surface area contributed by atoms with Gasteiger partial charge in [-0.2, -0.15) is 4.98 Å². The van der Waals surface area contributed by atoms with E-state index in [1.54, 1.807) is 0 Å². The van der Waals surface area contributed by atoms with Gasteiger partial charge in [0, 0.05) is 13.3 Å². The van der Waals surface area contributed by atoms with Gasteiger partial charge < -0.3 is 14.9 Å². The van der Waals surface area contributed by atoms with E-state index in [0.29, 0.717) is 0 Å². The van der Waals surface area contributed by atoms with Crippen molar-refractivity contribution in [2.75, 3.05) is 11.9 Å². The van der Waals surface area contributed by atoms with Crippen molar-refractivity contribution in [3.63, 3.8) is 0 Å². The topological polar surface area (TPSA) is 142 Å². The van der Waals surface area contributed by atoms with Gasteiger partial charge in [-0.05, 0) is 0 Å². The van der Waals surface area contributed by atoms with Crippen molar-refractivity contribution in [3.8, 4) is 0 Å². The number of imidazole rings is 1. The molecule has 22 heavy (non-hydrogen) atoms. The number of hydrogen-bond acceptors (Lipinski definition) is 7. The number of fused-ring (bicyclic) bond motifs is 1. The molecule has 1 saturated heterocycles. The molecule has 1 aliphatic heterocycles. The Balaban J connectivity index is 1.99. The average Bonchev–Trinajstić information content (AvgIpc) is 3.01. The number of carbonyl (C=O) groups excluding carboxylic acids is 1. The summed E-state index contributed by atoms with van der Waals surface area (Å²) < 4.78 is 6.95. The molecule has 3 rings (SSSR count). The molecule has 2 aromatic heterocycles. The molecule has 4 N–H and O–H groups in total. The van der Waals surface area contributed by atoms with E-state index >= 15 is 0 Å². The largest absolute Gasteiger partial charge is 0.394 e. The van der Waals surface area contributed by atoms with Gasteiger partial charge in [0.15, 0.2) is 11.2 Å². The maximum atomic E-state index is 12.2. The summed E-state index contributed by atoms with van der Waals surface area (Å²) in [4.78, 5) is 33.7. The highest BCUT2D eigenvalue weighted by Gasteiger charge is 2.35. The smallest absolute Gasteiger partial charge is 0.278 e. The van der Waals surface area contributed by atoms with Gasteiger partial charge in [0.2, 0.25) is 11.9 Å². The summed E-state index contributed by atoms with van der Waals surface area (Å²) in [6.07, 6.45) is -0.538. The number of nitrogens with zero attached hydrogens (tertiary/aromatic N) is 3. The Morgan fingerprint density at radius 1 is 1.64 bits per heavy atom. The van der Waals surface area contributed by atoms with Crippen molar-refractivity contribution in [2.45, 2.75) is 31.8 Å². The first kappa shape index (κ1) is 14.6. The zero-order valence-electron chi connectivity index (χ0n) is 11.7. The van der Waals surface area contributed by atoms with E-state index in [9.17, 15) is 14.7 Å². The zero-order valence-corrected chi connectivity index (χ0v) is 11.7. The maximum Gasteiger partial charge on any atom is 0.278 e. The Kier molecular flexibility index (Phi) is 3.64. The van der Waals surface area contributed by atoms with E-state index in [1.807, 2.05) is 0 Å². The summed E-state index contributed by atoms with van der Waals surface area (Å²) in [6, 6.07) is 0. The average molecular weight is 309 g/mol. The monoisotopic (exact) mass is 309 g/mol. The summed E-state index contributed by atoms with van der Waals surface area (Å²) >= 11 is 0. The lowest BCUT2D eigenvalue weighted by atomic mass is 10.2. The predicted molar refractivity (Wildman–Crippen MR) is 74.1 cm³/mol. The van der Waals surface area contributed by atoms with Crippen molar-refractivity contribution >= 4 is 23.0 Å². The van der Waals surface area contributed by atoms with Crippen LogP contribution >= 0.6 is 0 Å². The van der Waals surface area contributed by atoms with Gasteiger partial charge in [0.25, 0.3) is 5.56 Å². The number of aliphatic hydroxyl groups is 2. The van der Waals surface area contributed by atoms with Crippen LogP contribution in [-0.4, -0.2) is 54.5 Å². The molecule has 10 nitrogen and oxygen atoms in total. The SMILES string of the molecule is CC(=O)Nc1nc2ncn([C@@H]3C[C@H](O)[C@@H](CO)O3)c2c(=O)[nH]1. The summed E-state index contributed by atoms with van der Waals surface area (Å²) in [5, 5.41) is 21.3. The van der Waals surface area contributed by atoms with Crippen LogP contribution in [0.1, 0.15) is 19.6 Å². The van der Waals surface area contributed by atoms with Crippen molar-refractivity contribution < 1.29 is 19.7 Å². The lowest BCUT2D eigenvalue weighted by Crippen LogP contribution is -2.24. The third-order valence-corrected chi connectivity index (χ3v) is 3.43. The molecule has 3 heterocycles. The molecule has 10 heteroatoms. The summed E-state index contributed by atoms with van der Waals surface area (Å²) in [5.41, 5.74) is -0.167. The second-order valence-corrected chi connectivity index (χ2v) is 5.03. The first-order chi connectivity index (χ1) is 10.5. The van der Waals surface area contributed by atoms with E-state index in [-0.39, 0.29) is 36.0 Å². The van der Waals surface area contributed by atoms with Gasteiger partial charge in [-0.15, -0.1) is 0 Å². The molecule has 0 unspecified atom stereocenters. The van der Waals surface area contributed by atoms with Crippen LogP contribution in [0, 0.1) is 0 Å². The fourth-order valence-electron chi connectivity index (χ4n) is 2.45. The van der Waals surface area contributed by atoms with E-state index < -0.39 is 24.0 Å². The molecular formula is C12H15N5O5. The normalized spacial score (nSPS) is 24.8. The first-order valence-electron chi connectivity index (χ1n) is 6.68. The number of aromatic amines is 1. The van der Waals surface area contributed by atoms with Crippen LogP contribution in [0.25, 0.3) is 11.2 Å². The second-order valence-electron chi connectivity index (χ2n) is 5.03. The molecule has 1 fully saturated rings. The van der Waals surface area contributed by atoms with Crippen LogP contribution < -0.4 is 10.9 Å². The molecule has 0 aromatic carbocycles. The molecule has 3 atom stereocenters. The number of carbonyl (C=O) groups is 1. The third kappa shape index (κ3) is 2.47. The van der Waals surface area contributed by atoms with Crippen molar-refractivity contribution in [2.24, 2.45) is 0 Å². The first-order valence-corrected chi connectivity index (χ1v) is 6.68. The van der Waals surface area contributed by atoms with E-state index in [1.165, 1.54) is 17.8 Å². The highest BCUT2D eigenvalue weighted by Crippen LogP contribution is 2.30. The number of nitrogens with one attached hydrogen (secondary N) is 2. The lowest BCUT2D eigenvalue weighted by Gasteiger charge is -2.13. The van der Waals surface area contributed by atoms with Gasteiger partial charge in [-0.1, -0.05) is 0 Å². The molecule has 2 aromatic rings.